The van der Waals surface area contributed by atoms with Gasteiger partial charge in [-0.25, -0.2) is 4.98 Å². The number of thioether (sulfide) groups is 1. The molecule has 1 aliphatic rings. The molecule has 0 saturated carbocycles. The van der Waals surface area contributed by atoms with E-state index in [2.05, 4.69) is 21.1 Å². The molecule has 1 atom stereocenters. The molecule has 29 heavy (non-hydrogen) atoms. The molecule has 3 aromatic rings. The summed E-state index contributed by atoms with van der Waals surface area (Å²) in [6.45, 7) is 3.05. The second kappa shape index (κ2) is 8.47. The molecule has 8 heteroatoms. The molecule has 0 aliphatic carbocycles. The lowest BCUT2D eigenvalue weighted by Crippen LogP contribution is -3.08. The van der Waals surface area contributed by atoms with Gasteiger partial charge in [-0.3, -0.25) is 9.36 Å². The van der Waals surface area contributed by atoms with E-state index in [1.165, 1.54) is 20.2 Å². The number of hydrogen-bond donors (Lipinski definition) is 2. The number of rotatable bonds is 6. The summed E-state index contributed by atoms with van der Waals surface area (Å²) in [5.74, 6) is 1.69. The van der Waals surface area contributed by atoms with Crippen LogP contribution in [-0.4, -0.2) is 56.6 Å². The van der Waals surface area contributed by atoms with Crippen LogP contribution in [0, 0.1) is 0 Å². The first-order valence-electron chi connectivity index (χ1n) is 9.92. The molecule has 1 unspecified atom stereocenters. The van der Waals surface area contributed by atoms with Gasteiger partial charge in [0.1, 0.15) is 17.1 Å². The Labute approximate surface area is 179 Å². The predicted octanol–water partition coefficient (Wildman–Crippen LogP) is 0.263. The molecule has 6 nitrogen and oxygen atoms in total. The van der Waals surface area contributed by atoms with Gasteiger partial charge in [0.25, 0.3) is 5.56 Å². The molecular formula is C21H28N4O2S2+2. The van der Waals surface area contributed by atoms with Crippen LogP contribution in [0.3, 0.4) is 0 Å². The number of thiophene rings is 1. The van der Waals surface area contributed by atoms with E-state index in [1.54, 1.807) is 34.8 Å². The molecule has 0 saturated heterocycles. The minimum Gasteiger partial charge on any atom is -0.497 e. The van der Waals surface area contributed by atoms with E-state index in [-0.39, 0.29) is 5.56 Å². The van der Waals surface area contributed by atoms with E-state index in [9.17, 15) is 4.79 Å². The Balaban J connectivity index is 1.87. The highest BCUT2D eigenvalue weighted by Gasteiger charge is 2.26. The van der Waals surface area contributed by atoms with Gasteiger partial charge < -0.3 is 14.5 Å². The van der Waals surface area contributed by atoms with Gasteiger partial charge in [0.05, 0.1) is 63.0 Å². The van der Waals surface area contributed by atoms with Gasteiger partial charge in [-0.1, -0.05) is 11.8 Å². The molecule has 0 bridgehead atoms. The highest BCUT2D eigenvalue weighted by Crippen LogP contribution is 2.31. The van der Waals surface area contributed by atoms with E-state index in [0.717, 1.165) is 58.6 Å². The Morgan fingerprint density at radius 3 is 2.76 bits per heavy atom. The maximum absolute atomic E-state index is 13.7. The molecule has 1 aliphatic heterocycles. The first-order valence-corrected chi connectivity index (χ1v) is 11.7. The fourth-order valence-electron chi connectivity index (χ4n) is 3.64. The van der Waals surface area contributed by atoms with Crippen molar-refractivity contribution >= 4 is 33.3 Å². The zero-order valence-electron chi connectivity index (χ0n) is 17.4. The topological polar surface area (TPSA) is 53.0 Å². The maximum Gasteiger partial charge on any atom is 0.267 e. The fourth-order valence-corrected chi connectivity index (χ4v) is 6.19. The number of nitrogens with zero attached hydrogens (tertiary/aromatic N) is 2. The summed E-state index contributed by atoms with van der Waals surface area (Å²) in [7, 11) is 8.14. The van der Waals surface area contributed by atoms with Crippen molar-refractivity contribution in [3.05, 3.63) is 45.1 Å². The van der Waals surface area contributed by atoms with Crippen LogP contribution in [0.5, 0.6) is 5.75 Å². The summed E-state index contributed by atoms with van der Waals surface area (Å²) >= 11 is 3.35. The average molecular weight is 433 g/mol. The SMILES string of the molecule is COc1ccc(-n2c(SCC[NH+](C)C)nc3sc4c(c3c2=O)CC[NH+](C)C4)cc1. The molecule has 3 heterocycles. The van der Waals surface area contributed by atoms with Crippen molar-refractivity contribution in [2.45, 2.75) is 18.1 Å². The Morgan fingerprint density at radius 1 is 1.31 bits per heavy atom. The van der Waals surface area contributed by atoms with Crippen LogP contribution < -0.4 is 20.1 Å². The zero-order valence-corrected chi connectivity index (χ0v) is 19.0. The molecular weight excluding hydrogens is 404 g/mol. The normalized spacial score (nSPS) is 16.4. The van der Waals surface area contributed by atoms with Crippen LogP contribution in [0.1, 0.15) is 10.4 Å². The fraction of sp³-hybridized carbons (Fsp3) is 0.429. The Kier molecular flexibility index (Phi) is 5.96. The first-order chi connectivity index (χ1) is 14.0. The average Bonchev–Trinajstić information content (AvgIpc) is 3.05. The van der Waals surface area contributed by atoms with Crippen LogP contribution in [-0.2, 0) is 13.0 Å². The van der Waals surface area contributed by atoms with Crippen molar-refractivity contribution < 1.29 is 14.5 Å². The molecule has 1 aromatic carbocycles. The van der Waals surface area contributed by atoms with E-state index < -0.39 is 0 Å². The molecule has 4 rings (SSSR count). The third-order valence-electron chi connectivity index (χ3n) is 5.31. The third kappa shape index (κ3) is 4.07. The number of quaternary nitrogens is 2. The van der Waals surface area contributed by atoms with Gasteiger partial charge in [0.15, 0.2) is 5.16 Å². The van der Waals surface area contributed by atoms with Crippen LogP contribution in [0.15, 0.2) is 34.2 Å². The van der Waals surface area contributed by atoms with Gasteiger partial charge >= 0.3 is 0 Å². The zero-order chi connectivity index (χ0) is 20.5. The van der Waals surface area contributed by atoms with Crippen LogP contribution >= 0.6 is 23.1 Å². The molecule has 2 aromatic heterocycles. The summed E-state index contributed by atoms with van der Waals surface area (Å²) in [6.07, 6.45) is 0.942. The van der Waals surface area contributed by atoms with Crippen molar-refractivity contribution in [1.29, 1.82) is 0 Å². The van der Waals surface area contributed by atoms with Gasteiger partial charge in [-0.2, -0.15) is 0 Å². The lowest BCUT2D eigenvalue weighted by molar-refractivity contribution is -0.895. The van der Waals surface area contributed by atoms with Gasteiger partial charge in [0.2, 0.25) is 0 Å². The molecule has 154 valence electrons. The van der Waals surface area contributed by atoms with Crippen molar-refractivity contribution in [2.75, 3.05) is 47.1 Å². The van der Waals surface area contributed by atoms with Gasteiger partial charge in [-0.15, -0.1) is 11.3 Å². The molecule has 0 radical (unpaired) electrons. The van der Waals surface area contributed by atoms with Crippen molar-refractivity contribution in [1.82, 2.24) is 9.55 Å². The number of nitrogens with one attached hydrogen (secondary N) is 2. The highest BCUT2D eigenvalue weighted by atomic mass is 32.2. The smallest absolute Gasteiger partial charge is 0.267 e. The summed E-state index contributed by atoms with van der Waals surface area (Å²) in [5, 5.41) is 1.59. The lowest BCUT2D eigenvalue weighted by atomic mass is 10.1. The van der Waals surface area contributed by atoms with Crippen LogP contribution in [0.4, 0.5) is 0 Å². The van der Waals surface area contributed by atoms with E-state index in [4.69, 9.17) is 9.72 Å². The molecule has 0 amide bonds. The number of likely N-dealkylation sites (N-methyl/N-ethyl adjacent to an activating group) is 1. The van der Waals surface area contributed by atoms with Crippen LogP contribution in [0.2, 0.25) is 0 Å². The summed E-state index contributed by atoms with van der Waals surface area (Å²) < 4.78 is 7.07. The largest absolute Gasteiger partial charge is 0.497 e. The van der Waals surface area contributed by atoms with E-state index in [1.807, 2.05) is 24.3 Å². The minimum atomic E-state index is 0.0527. The summed E-state index contributed by atoms with van der Waals surface area (Å²) in [4.78, 5) is 23.7. The number of benzene rings is 1. The predicted molar refractivity (Wildman–Crippen MR) is 119 cm³/mol. The van der Waals surface area contributed by atoms with Crippen molar-refractivity contribution in [2.24, 2.45) is 0 Å². The Hall–Kier alpha value is -1.87. The van der Waals surface area contributed by atoms with Crippen molar-refractivity contribution in [3.8, 4) is 11.4 Å². The Morgan fingerprint density at radius 2 is 2.07 bits per heavy atom. The number of ether oxygens (including phenoxy) is 1. The van der Waals surface area contributed by atoms with Crippen molar-refractivity contribution in [3.63, 3.8) is 0 Å². The van der Waals surface area contributed by atoms with Gasteiger partial charge in [0, 0.05) is 6.42 Å². The summed E-state index contributed by atoms with van der Waals surface area (Å²) in [5.41, 5.74) is 2.10. The second-order valence-corrected chi connectivity index (χ2v) is 10.0. The molecule has 0 spiro atoms. The Bertz CT molecular complexity index is 1070. The van der Waals surface area contributed by atoms with Crippen LogP contribution in [0.25, 0.3) is 15.9 Å². The number of aromatic nitrogens is 2. The van der Waals surface area contributed by atoms with E-state index in [0.29, 0.717) is 0 Å². The van der Waals surface area contributed by atoms with E-state index >= 15 is 0 Å². The standard InChI is InChI=1S/C21H26N4O2S2/c1-23(2)11-12-28-21-22-19-18(16-9-10-24(3)13-17(16)29-19)20(26)25(21)14-5-7-15(27-4)8-6-14/h5-8H,9-13H2,1-4H3/p+2. The number of fused-ring (bicyclic) bond motifs is 3. The number of hydrogen-bond acceptors (Lipinski definition) is 5. The first kappa shape index (κ1) is 20.4. The number of methoxy groups -OCH3 is 1. The monoisotopic (exact) mass is 432 g/mol. The highest BCUT2D eigenvalue weighted by molar-refractivity contribution is 7.99. The quantitative estimate of drug-likeness (QED) is 0.434. The lowest BCUT2D eigenvalue weighted by Gasteiger charge is -2.19. The maximum atomic E-state index is 13.7. The molecule has 2 N–H and O–H groups in total. The second-order valence-electron chi connectivity index (χ2n) is 7.86. The molecule has 0 fully saturated rings. The summed E-state index contributed by atoms with van der Waals surface area (Å²) in [6, 6.07) is 7.66. The van der Waals surface area contributed by atoms with Gasteiger partial charge in [-0.05, 0) is 29.8 Å². The minimum absolute atomic E-state index is 0.0527. The third-order valence-corrected chi connectivity index (χ3v) is 7.37.